The monoisotopic (exact) mass is 652 g/mol. The zero-order valence-corrected chi connectivity index (χ0v) is 26.6. The van der Waals surface area contributed by atoms with E-state index in [-0.39, 0.29) is 12.2 Å². The zero-order chi connectivity index (χ0) is 34.9. The van der Waals surface area contributed by atoms with Gasteiger partial charge in [0.05, 0.1) is 18.7 Å². The van der Waals surface area contributed by atoms with E-state index in [1.165, 1.54) is 12.2 Å². The van der Waals surface area contributed by atoms with Gasteiger partial charge in [0.1, 0.15) is 29.4 Å². The van der Waals surface area contributed by atoms with Crippen LogP contribution in [0, 0.1) is 11.6 Å². The van der Waals surface area contributed by atoms with Crippen LogP contribution < -0.4 is 25.8 Å². The van der Waals surface area contributed by atoms with E-state index in [1.807, 2.05) is 0 Å². The maximum absolute atomic E-state index is 14.3. The Balaban J connectivity index is 2.30. The first-order valence-electron chi connectivity index (χ1n) is 14.6. The number of carbonyl (C=O) groups excluding carboxylic acids is 3. The Bertz CT molecular complexity index is 1690. The van der Waals surface area contributed by atoms with Crippen LogP contribution in [-0.2, 0) is 17.9 Å². The van der Waals surface area contributed by atoms with Crippen LogP contribution in [0.2, 0.25) is 0 Å². The molecule has 3 N–H and O–H groups in total. The molecule has 250 valence electrons. The molecule has 3 rings (SSSR count). The summed E-state index contributed by atoms with van der Waals surface area (Å²) in [4.78, 5) is 55.0. The molecule has 0 fully saturated rings. The predicted molar refractivity (Wildman–Crippen MR) is 172 cm³/mol. The molecule has 0 bridgehead atoms. The molecule has 0 aliphatic heterocycles. The summed E-state index contributed by atoms with van der Waals surface area (Å²) in [6.07, 6.45) is 2.61. The molecule has 0 saturated heterocycles. The molecule has 47 heavy (non-hydrogen) atoms. The van der Waals surface area contributed by atoms with Gasteiger partial charge in [0.2, 0.25) is 5.43 Å². The topological polar surface area (TPSA) is 139 Å². The van der Waals surface area contributed by atoms with Gasteiger partial charge in [-0.05, 0) is 39.3 Å². The zero-order valence-electron chi connectivity index (χ0n) is 26.6. The van der Waals surface area contributed by atoms with Crippen molar-refractivity contribution in [1.29, 1.82) is 0 Å². The van der Waals surface area contributed by atoms with Crippen molar-refractivity contribution in [3.8, 4) is 5.75 Å². The van der Waals surface area contributed by atoms with Crippen molar-refractivity contribution < 1.29 is 37.7 Å². The third-order valence-electron chi connectivity index (χ3n) is 6.62. The van der Waals surface area contributed by atoms with Crippen molar-refractivity contribution in [2.45, 2.75) is 58.5 Å². The quantitative estimate of drug-likeness (QED) is 0.233. The van der Waals surface area contributed by atoms with E-state index < -0.39 is 82.8 Å². The number of aromatic nitrogens is 1. The molecule has 13 heteroatoms. The fraction of sp³-hybridized carbons (Fsp3) is 0.294. The molecule has 2 aromatic carbocycles. The van der Waals surface area contributed by atoms with E-state index in [9.17, 15) is 33.1 Å². The SMILES string of the molecule is C=CC(C)N(C(=O)OC(C)(C)C)n1cc(C(=O)NCc2ccc(F)cc2F)c(=O)c(OCc2ccccc2)c1C(=O)N[C@H](C=C)CO. The van der Waals surface area contributed by atoms with Crippen LogP contribution in [0.4, 0.5) is 13.6 Å². The smallest absolute Gasteiger partial charge is 0.430 e. The molecule has 11 nitrogen and oxygen atoms in total. The third-order valence-corrected chi connectivity index (χ3v) is 6.62. The van der Waals surface area contributed by atoms with Crippen molar-refractivity contribution in [3.63, 3.8) is 0 Å². The Morgan fingerprint density at radius 2 is 1.74 bits per heavy atom. The summed E-state index contributed by atoms with van der Waals surface area (Å²) in [5, 5.41) is 15.6. The molecular weight excluding hydrogens is 614 g/mol. The second kappa shape index (κ2) is 15.8. The molecule has 0 saturated carbocycles. The maximum atomic E-state index is 14.3. The number of aliphatic hydroxyl groups is 1. The van der Waals surface area contributed by atoms with E-state index in [0.29, 0.717) is 11.6 Å². The maximum Gasteiger partial charge on any atom is 0.430 e. The number of ether oxygens (including phenoxy) is 2. The number of nitrogens with one attached hydrogen (secondary N) is 2. The van der Waals surface area contributed by atoms with Crippen LogP contribution in [0.1, 0.15) is 59.7 Å². The van der Waals surface area contributed by atoms with Crippen molar-refractivity contribution >= 4 is 17.9 Å². The molecular formula is C34H38F2N4O7. The van der Waals surface area contributed by atoms with Gasteiger partial charge in [-0.2, -0.15) is 0 Å². The number of hydrogen-bond donors (Lipinski definition) is 3. The van der Waals surface area contributed by atoms with Gasteiger partial charge >= 0.3 is 6.09 Å². The van der Waals surface area contributed by atoms with E-state index in [2.05, 4.69) is 23.8 Å². The van der Waals surface area contributed by atoms with Crippen molar-refractivity contribution in [3.05, 3.63) is 124 Å². The first kappa shape index (κ1) is 36.2. The molecule has 3 aromatic rings. The lowest BCUT2D eigenvalue weighted by Crippen LogP contribution is -2.52. The Morgan fingerprint density at radius 3 is 2.32 bits per heavy atom. The molecule has 1 aromatic heterocycles. The van der Waals surface area contributed by atoms with Crippen molar-refractivity contribution in [1.82, 2.24) is 15.3 Å². The van der Waals surface area contributed by atoms with Gasteiger partial charge in [-0.15, -0.1) is 13.2 Å². The number of aliphatic hydroxyl groups excluding tert-OH is 1. The summed E-state index contributed by atoms with van der Waals surface area (Å²) in [7, 11) is 0. The summed E-state index contributed by atoms with van der Waals surface area (Å²) in [6, 6.07) is 9.59. The number of hydrogen-bond acceptors (Lipinski definition) is 7. The summed E-state index contributed by atoms with van der Waals surface area (Å²) >= 11 is 0. The Labute approximate surface area is 271 Å². The van der Waals surface area contributed by atoms with Crippen LogP contribution in [-0.4, -0.2) is 52.0 Å². The molecule has 0 aliphatic rings. The minimum absolute atomic E-state index is 0.0632. The highest BCUT2D eigenvalue weighted by molar-refractivity contribution is 5.99. The largest absolute Gasteiger partial charge is 0.482 e. The van der Waals surface area contributed by atoms with Gasteiger partial charge in [-0.1, -0.05) is 48.6 Å². The summed E-state index contributed by atoms with van der Waals surface area (Å²) < 4.78 is 40.2. The van der Waals surface area contributed by atoms with Gasteiger partial charge in [0, 0.05) is 24.4 Å². The summed E-state index contributed by atoms with van der Waals surface area (Å²) in [5.41, 5.74) is -2.59. The number of halogens is 2. The van der Waals surface area contributed by atoms with E-state index >= 15 is 0 Å². The van der Waals surface area contributed by atoms with Crippen LogP contribution in [0.25, 0.3) is 0 Å². The molecule has 2 atom stereocenters. The third kappa shape index (κ3) is 9.36. The lowest BCUT2D eigenvalue weighted by molar-refractivity contribution is 0.0525. The first-order chi connectivity index (χ1) is 22.2. The van der Waals surface area contributed by atoms with E-state index in [1.54, 1.807) is 58.0 Å². The predicted octanol–water partition coefficient (Wildman–Crippen LogP) is 4.36. The summed E-state index contributed by atoms with van der Waals surface area (Å²) in [5.74, 6) is -4.32. The molecule has 0 spiro atoms. The fourth-order valence-electron chi connectivity index (χ4n) is 4.19. The Kier molecular flexibility index (Phi) is 12.2. The lowest BCUT2D eigenvalue weighted by atomic mass is 10.1. The second-order valence-corrected chi connectivity index (χ2v) is 11.4. The Morgan fingerprint density at radius 1 is 1.06 bits per heavy atom. The number of nitrogens with zero attached hydrogens (tertiary/aromatic N) is 2. The first-order valence-corrected chi connectivity index (χ1v) is 14.6. The van der Waals surface area contributed by atoms with Gasteiger partial charge in [-0.25, -0.2) is 23.3 Å². The van der Waals surface area contributed by atoms with E-state index in [4.69, 9.17) is 9.47 Å². The Hall–Kier alpha value is -5.30. The average Bonchev–Trinajstić information content (AvgIpc) is 3.02. The minimum Gasteiger partial charge on any atom is -0.482 e. The molecule has 3 amide bonds. The lowest BCUT2D eigenvalue weighted by Gasteiger charge is -2.34. The highest BCUT2D eigenvalue weighted by Gasteiger charge is 2.34. The van der Waals surface area contributed by atoms with Crippen LogP contribution in [0.15, 0.2) is 84.8 Å². The normalized spacial score (nSPS) is 12.3. The van der Waals surface area contributed by atoms with Crippen molar-refractivity contribution in [2.24, 2.45) is 0 Å². The van der Waals surface area contributed by atoms with E-state index in [0.717, 1.165) is 28.0 Å². The number of benzene rings is 2. The standard InChI is InChI=1S/C34H38F2N4O7/c1-7-21(3)40(33(45)47-34(4,5)6)39-18-26(31(43)37-17-23-14-15-24(35)16-27(23)36)29(42)30(46-20-22-12-10-9-11-13-22)28(39)32(44)38-25(8-2)19-41/h7-16,18,21,25,41H,1-2,17,19-20H2,3-6H3,(H,37,43)(H,38,44)/t21?,25-/m1/s1. The minimum atomic E-state index is -1.03. The number of rotatable bonds is 13. The number of amides is 3. The average molecular weight is 653 g/mol. The molecule has 1 heterocycles. The fourth-order valence-corrected chi connectivity index (χ4v) is 4.19. The molecule has 1 unspecified atom stereocenters. The van der Waals surface area contributed by atoms with Crippen LogP contribution in [0.5, 0.6) is 5.75 Å². The van der Waals surface area contributed by atoms with Gasteiger partial charge in [-0.3, -0.25) is 14.4 Å². The van der Waals surface area contributed by atoms with Gasteiger partial charge in [0.15, 0.2) is 11.4 Å². The highest BCUT2D eigenvalue weighted by atomic mass is 19.1. The van der Waals surface area contributed by atoms with Crippen molar-refractivity contribution in [2.75, 3.05) is 11.6 Å². The highest BCUT2D eigenvalue weighted by Crippen LogP contribution is 2.22. The van der Waals surface area contributed by atoms with Gasteiger partial charge < -0.3 is 25.2 Å². The number of carbonyl (C=O) groups is 3. The number of pyridine rings is 1. The second-order valence-electron chi connectivity index (χ2n) is 11.4. The molecule has 0 aliphatic carbocycles. The summed E-state index contributed by atoms with van der Waals surface area (Å²) in [6.45, 7) is 12.6. The van der Waals surface area contributed by atoms with Crippen LogP contribution in [0.3, 0.4) is 0 Å². The van der Waals surface area contributed by atoms with Crippen LogP contribution >= 0.6 is 0 Å². The molecule has 0 radical (unpaired) electrons. The van der Waals surface area contributed by atoms with Gasteiger partial charge in [0.25, 0.3) is 11.8 Å².